The third-order valence-electron chi connectivity index (χ3n) is 3.29. The van der Waals surface area contributed by atoms with Gasteiger partial charge >= 0.3 is 0 Å². The third-order valence-corrected chi connectivity index (χ3v) is 3.60. The van der Waals surface area contributed by atoms with Gasteiger partial charge in [-0.3, -0.25) is 0 Å². The minimum Gasteiger partial charge on any atom is -0.618 e. The van der Waals surface area contributed by atoms with Crippen LogP contribution in [0.2, 0.25) is 5.02 Å². The molecule has 0 saturated carbocycles. The summed E-state index contributed by atoms with van der Waals surface area (Å²) in [5.74, 6) is 0.788. The van der Waals surface area contributed by atoms with Gasteiger partial charge in [0.05, 0.1) is 12.1 Å². The van der Waals surface area contributed by atoms with Gasteiger partial charge in [0.2, 0.25) is 6.20 Å². The number of ether oxygens (including phenoxy) is 1. The maximum atomic E-state index is 11.7. The molecule has 0 aliphatic carbocycles. The first-order valence-corrected chi connectivity index (χ1v) is 6.62. The first-order chi connectivity index (χ1) is 9.43. The highest BCUT2D eigenvalue weighted by molar-refractivity contribution is 6.33. The molecular weight excluding hydrogens is 276 g/mol. The van der Waals surface area contributed by atoms with E-state index in [0.717, 1.165) is 27.3 Å². The molecule has 0 aliphatic heterocycles. The standard InChI is InChI=1S/C15H17ClN2O2/c1-9-5-6-14(20-4)11(3)15(9)17-13-8-18(19)10(2)7-12(13)16/h5-8,17H,1-4H3. The zero-order chi connectivity index (χ0) is 14.9. The maximum absolute atomic E-state index is 11.7. The lowest BCUT2D eigenvalue weighted by Crippen LogP contribution is -2.29. The zero-order valence-electron chi connectivity index (χ0n) is 12.0. The Bertz CT molecular complexity index is 657. The van der Waals surface area contributed by atoms with Gasteiger partial charge in [-0.25, -0.2) is 0 Å². The average Bonchev–Trinajstić information content (AvgIpc) is 2.40. The number of aromatic nitrogens is 1. The fraction of sp³-hybridized carbons (Fsp3) is 0.267. The quantitative estimate of drug-likeness (QED) is 0.694. The van der Waals surface area contributed by atoms with Gasteiger partial charge in [-0.1, -0.05) is 17.7 Å². The number of nitrogens with one attached hydrogen (secondary N) is 1. The second-order valence-electron chi connectivity index (χ2n) is 4.71. The molecule has 1 heterocycles. The van der Waals surface area contributed by atoms with Crippen molar-refractivity contribution in [2.75, 3.05) is 12.4 Å². The Kier molecular flexibility index (Phi) is 4.04. The first kappa shape index (κ1) is 14.5. The molecule has 1 aromatic carbocycles. The molecule has 0 fully saturated rings. The minimum absolute atomic E-state index is 0.510. The maximum Gasteiger partial charge on any atom is 0.205 e. The van der Waals surface area contributed by atoms with Crippen molar-refractivity contribution in [3.05, 3.63) is 51.4 Å². The minimum atomic E-state index is 0.510. The summed E-state index contributed by atoms with van der Waals surface area (Å²) in [6.45, 7) is 5.66. The summed E-state index contributed by atoms with van der Waals surface area (Å²) < 4.78 is 6.10. The summed E-state index contributed by atoms with van der Waals surface area (Å²) in [5.41, 5.74) is 4.06. The molecule has 1 aromatic heterocycles. The van der Waals surface area contributed by atoms with Crippen molar-refractivity contribution in [2.45, 2.75) is 20.8 Å². The van der Waals surface area contributed by atoms with Gasteiger partial charge in [-0.05, 0) is 25.5 Å². The molecule has 0 radical (unpaired) electrons. The monoisotopic (exact) mass is 292 g/mol. The van der Waals surface area contributed by atoms with Crippen LogP contribution < -0.4 is 14.8 Å². The Hall–Kier alpha value is -1.94. The van der Waals surface area contributed by atoms with E-state index in [9.17, 15) is 5.21 Å². The van der Waals surface area contributed by atoms with Crippen molar-refractivity contribution in [2.24, 2.45) is 0 Å². The molecule has 0 aliphatic rings. The second kappa shape index (κ2) is 5.59. The molecule has 2 rings (SSSR count). The van der Waals surface area contributed by atoms with Gasteiger partial charge in [0, 0.05) is 24.2 Å². The van der Waals surface area contributed by atoms with Crippen LogP contribution in [0.1, 0.15) is 16.8 Å². The van der Waals surface area contributed by atoms with Crippen LogP contribution in [0.5, 0.6) is 5.75 Å². The zero-order valence-corrected chi connectivity index (χ0v) is 12.7. The predicted octanol–water partition coefficient (Wildman–Crippen LogP) is 3.65. The van der Waals surface area contributed by atoms with Crippen molar-refractivity contribution in [1.29, 1.82) is 0 Å². The van der Waals surface area contributed by atoms with Gasteiger partial charge < -0.3 is 15.3 Å². The van der Waals surface area contributed by atoms with Crippen molar-refractivity contribution in [3.63, 3.8) is 0 Å². The summed E-state index contributed by atoms with van der Waals surface area (Å²) in [6, 6.07) is 5.52. The molecule has 0 unspecified atom stereocenters. The molecule has 0 bridgehead atoms. The summed E-state index contributed by atoms with van der Waals surface area (Å²) in [7, 11) is 1.63. The molecule has 5 heteroatoms. The van der Waals surface area contributed by atoms with Crippen LogP contribution in [0, 0.1) is 26.0 Å². The van der Waals surface area contributed by atoms with Gasteiger partial charge in [-0.2, -0.15) is 4.73 Å². The summed E-state index contributed by atoms with van der Waals surface area (Å²) >= 11 is 6.18. The Morgan fingerprint density at radius 3 is 2.60 bits per heavy atom. The molecule has 20 heavy (non-hydrogen) atoms. The van der Waals surface area contributed by atoms with Gasteiger partial charge in [0.15, 0.2) is 5.69 Å². The lowest BCUT2D eigenvalue weighted by Gasteiger charge is -2.16. The summed E-state index contributed by atoms with van der Waals surface area (Å²) in [4.78, 5) is 0. The van der Waals surface area contributed by atoms with Crippen LogP contribution in [0.3, 0.4) is 0 Å². The highest BCUT2D eigenvalue weighted by Crippen LogP contribution is 2.33. The van der Waals surface area contributed by atoms with Crippen LogP contribution in [-0.2, 0) is 0 Å². The number of aryl methyl sites for hydroxylation is 2. The van der Waals surface area contributed by atoms with E-state index in [0.29, 0.717) is 16.4 Å². The fourth-order valence-corrected chi connectivity index (χ4v) is 2.33. The molecule has 4 nitrogen and oxygen atoms in total. The van der Waals surface area contributed by atoms with Crippen molar-refractivity contribution < 1.29 is 9.47 Å². The number of halogens is 1. The molecule has 0 amide bonds. The van der Waals surface area contributed by atoms with Crippen molar-refractivity contribution >= 4 is 23.0 Å². The predicted molar refractivity (Wildman–Crippen MR) is 80.9 cm³/mol. The number of hydrogen-bond acceptors (Lipinski definition) is 3. The number of methoxy groups -OCH3 is 1. The number of nitrogens with zero attached hydrogens (tertiary/aromatic N) is 1. The van der Waals surface area contributed by atoms with E-state index in [4.69, 9.17) is 16.3 Å². The van der Waals surface area contributed by atoms with Crippen LogP contribution in [0.4, 0.5) is 11.4 Å². The topological polar surface area (TPSA) is 48.2 Å². The van der Waals surface area contributed by atoms with E-state index in [1.54, 1.807) is 20.1 Å². The number of benzene rings is 1. The lowest BCUT2D eigenvalue weighted by molar-refractivity contribution is -0.611. The lowest BCUT2D eigenvalue weighted by atomic mass is 10.1. The molecular formula is C15H17ClN2O2. The largest absolute Gasteiger partial charge is 0.618 e. The molecule has 0 saturated heterocycles. The Balaban J connectivity index is 2.47. The Morgan fingerprint density at radius 1 is 1.25 bits per heavy atom. The summed E-state index contributed by atoms with van der Waals surface area (Å²) in [6.07, 6.45) is 1.44. The smallest absolute Gasteiger partial charge is 0.205 e. The van der Waals surface area contributed by atoms with E-state index in [1.165, 1.54) is 6.20 Å². The number of rotatable bonds is 3. The molecule has 1 N–H and O–H groups in total. The van der Waals surface area contributed by atoms with E-state index >= 15 is 0 Å². The Morgan fingerprint density at radius 2 is 1.95 bits per heavy atom. The fourth-order valence-electron chi connectivity index (χ4n) is 2.07. The third kappa shape index (κ3) is 2.65. The van der Waals surface area contributed by atoms with Crippen LogP contribution >= 0.6 is 11.6 Å². The number of hydrogen-bond donors (Lipinski definition) is 1. The van der Waals surface area contributed by atoms with Crippen LogP contribution in [0.25, 0.3) is 0 Å². The highest BCUT2D eigenvalue weighted by atomic mass is 35.5. The van der Waals surface area contributed by atoms with Crippen molar-refractivity contribution in [3.8, 4) is 5.75 Å². The second-order valence-corrected chi connectivity index (χ2v) is 5.12. The normalized spacial score (nSPS) is 10.4. The van der Waals surface area contributed by atoms with E-state index in [1.807, 2.05) is 26.0 Å². The number of anilines is 2. The summed E-state index contributed by atoms with van der Waals surface area (Å²) in [5, 5.41) is 15.4. The van der Waals surface area contributed by atoms with Crippen LogP contribution in [-0.4, -0.2) is 7.11 Å². The van der Waals surface area contributed by atoms with E-state index < -0.39 is 0 Å². The van der Waals surface area contributed by atoms with Gasteiger partial charge in [-0.15, -0.1) is 0 Å². The molecule has 0 atom stereocenters. The van der Waals surface area contributed by atoms with Crippen LogP contribution in [0.15, 0.2) is 24.4 Å². The SMILES string of the molecule is COc1ccc(C)c(Nc2c[n+]([O-])c(C)cc2Cl)c1C. The molecule has 0 spiro atoms. The Labute approximate surface area is 123 Å². The van der Waals surface area contributed by atoms with Crippen molar-refractivity contribution in [1.82, 2.24) is 0 Å². The van der Waals surface area contributed by atoms with E-state index in [2.05, 4.69) is 5.32 Å². The number of pyridine rings is 1. The highest BCUT2D eigenvalue weighted by Gasteiger charge is 2.13. The first-order valence-electron chi connectivity index (χ1n) is 6.24. The molecule has 2 aromatic rings. The van der Waals surface area contributed by atoms with E-state index in [-0.39, 0.29) is 0 Å². The average molecular weight is 293 g/mol. The van der Waals surface area contributed by atoms with Gasteiger partial charge in [0.25, 0.3) is 0 Å². The van der Waals surface area contributed by atoms with Gasteiger partial charge in [0.1, 0.15) is 11.4 Å². The molecule has 106 valence electrons.